The number of H-pyrrole nitrogens is 1. The molecule has 19 heavy (non-hydrogen) atoms. The normalized spacial score (nSPS) is 10.9. The molecule has 100 valence electrons. The Bertz CT molecular complexity index is 620. The van der Waals surface area contributed by atoms with Gasteiger partial charge in [-0.2, -0.15) is 0 Å². The molecule has 0 aliphatic rings. The summed E-state index contributed by atoms with van der Waals surface area (Å²) in [6, 6.07) is 9.85. The third kappa shape index (κ3) is 4.24. The van der Waals surface area contributed by atoms with E-state index < -0.39 is 0 Å². The largest absolute Gasteiger partial charge is 0.301 e. The lowest BCUT2D eigenvalue weighted by Gasteiger charge is -2.06. The third-order valence-electron chi connectivity index (χ3n) is 2.59. The number of nitrogens with zero attached hydrogens (tertiary/aromatic N) is 1. The van der Waals surface area contributed by atoms with Crippen LogP contribution < -0.4 is 5.56 Å². The van der Waals surface area contributed by atoms with Gasteiger partial charge in [-0.3, -0.25) is 4.79 Å². The lowest BCUT2D eigenvalue weighted by molar-refractivity contribution is 0.874. The Balaban J connectivity index is 2.25. The molecule has 3 nitrogen and oxygen atoms in total. The molecule has 0 bridgehead atoms. The van der Waals surface area contributed by atoms with Crippen LogP contribution in [0.3, 0.4) is 0 Å². The van der Waals surface area contributed by atoms with E-state index in [2.05, 4.69) is 48.9 Å². The first-order chi connectivity index (χ1) is 9.02. The van der Waals surface area contributed by atoms with Crippen molar-refractivity contribution in [3.8, 4) is 0 Å². The SMILES string of the molecule is Cc1cccc(Cc2cc(=O)[nH]c(SC(C)C)n2)c1. The molecule has 0 aliphatic carbocycles. The summed E-state index contributed by atoms with van der Waals surface area (Å²) in [4.78, 5) is 18.9. The minimum absolute atomic E-state index is 0.0826. The van der Waals surface area contributed by atoms with Crippen LogP contribution in [0.1, 0.15) is 30.7 Å². The summed E-state index contributed by atoms with van der Waals surface area (Å²) < 4.78 is 0. The van der Waals surface area contributed by atoms with E-state index >= 15 is 0 Å². The van der Waals surface area contributed by atoms with Crippen molar-refractivity contribution in [2.75, 3.05) is 0 Å². The average Bonchev–Trinajstić information content (AvgIpc) is 2.26. The number of nitrogens with one attached hydrogen (secondary N) is 1. The van der Waals surface area contributed by atoms with Gasteiger partial charge in [0.15, 0.2) is 5.16 Å². The summed E-state index contributed by atoms with van der Waals surface area (Å²) in [6.07, 6.45) is 0.692. The fraction of sp³-hybridized carbons (Fsp3) is 0.333. The van der Waals surface area contributed by atoms with Crippen LogP contribution in [0.15, 0.2) is 40.3 Å². The second-order valence-corrected chi connectivity index (χ2v) is 6.44. The maximum absolute atomic E-state index is 11.6. The molecule has 4 heteroatoms. The summed E-state index contributed by atoms with van der Waals surface area (Å²) >= 11 is 1.57. The second kappa shape index (κ2) is 6.06. The minimum Gasteiger partial charge on any atom is -0.301 e. The van der Waals surface area contributed by atoms with Gasteiger partial charge in [0.05, 0.1) is 5.69 Å². The van der Waals surface area contributed by atoms with Gasteiger partial charge in [0, 0.05) is 17.7 Å². The highest BCUT2D eigenvalue weighted by molar-refractivity contribution is 7.99. The topological polar surface area (TPSA) is 45.8 Å². The molecule has 0 radical (unpaired) electrons. The number of thioether (sulfide) groups is 1. The Morgan fingerprint density at radius 2 is 2.11 bits per heavy atom. The molecular formula is C15H18N2OS. The van der Waals surface area contributed by atoms with E-state index in [1.165, 1.54) is 11.1 Å². The molecule has 1 aromatic heterocycles. The van der Waals surface area contributed by atoms with E-state index in [9.17, 15) is 4.79 Å². The Kier molecular flexibility index (Phi) is 4.43. The smallest absolute Gasteiger partial charge is 0.251 e. The van der Waals surface area contributed by atoms with Crippen molar-refractivity contribution in [2.45, 2.75) is 37.6 Å². The summed E-state index contributed by atoms with van der Waals surface area (Å²) in [5.41, 5.74) is 3.14. The van der Waals surface area contributed by atoms with Crippen molar-refractivity contribution in [3.05, 3.63) is 57.5 Å². The molecule has 0 spiro atoms. The Hall–Kier alpha value is -1.55. The van der Waals surface area contributed by atoms with Gasteiger partial charge in [-0.05, 0) is 12.5 Å². The highest BCUT2D eigenvalue weighted by Gasteiger charge is 2.05. The second-order valence-electron chi connectivity index (χ2n) is 4.87. The van der Waals surface area contributed by atoms with E-state index in [0.717, 1.165) is 5.69 Å². The molecule has 0 fully saturated rings. The van der Waals surface area contributed by atoms with Gasteiger partial charge in [0.25, 0.3) is 5.56 Å². The van der Waals surface area contributed by atoms with Gasteiger partial charge in [-0.25, -0.2) is 4.98 Å². The summed E-state index contributed by atoms with van der Waals surface area (Å²) in [5, 5.41) is 1.10. The van der Waals surface area contributed by atoms with Gasteiger partial charge < -0.3 is 4.98 Å². The third-order valence-corrected chi connectivity index (χ3v) is 3.48. The van der Waals surface area contributed by atoms with Crippen molar-refractivity contribution in [2.24, 2.45) is 0 Å². The molecule has 0 amide bonds. The molecule has 2 aromatic rings. The van der Waals surface area contributed by atoms with Crippen LogP contribution in [0.5, 0.6) is 0 Å². The maximum Gasteiger partial charge on any atom is 0.251 e. The number of rotatable bonds is 4. The molecule has 0 saturated carbocycles. The van der Waals surface area contributed by atoms with Crippen molar-refractivity contribution in [1.82, 2.24) is 9.97 Å². The molecule has 1 N–H and O–H groups in total. The average molecular weight is 274 g/mol. The quantitative estimate of drug-likeness (QED) is 0.688. The first-order valence-corrected chi connectivity index (χ1v) is 7.23. The van der Waals surface area contributed by atoms with Crippen molar-refractivity contribution >= 4 is 11.8 Å². The molecule has 2 rings (SSSR count). The predicted octanol–water partition coefficient (Wildman–Crippen LogP) is 3.17. The molecule has 1 aromatic carbocycles. The van der Waals surface area contributed by atoms with Crippen LogP contribution >= 0.6 is 11.8 Å². The van der Waals surface area contributed by atoms with Crippen LogP contribution in [0.4, 0.5) is 0 Å². The van der Waals surface area contributed by atoms with Gasteiger partial charge in [-0.15, -0.1) is 0 Å². The summed E-state index contributed by atoms with van der Waals surface area (Å²) in [5.74, 6) is 0. The van der Waals surface area contributed by atoms with E-state index in [0.29, 0.717) is 16.8 Å². The Labute approximate surface area is 117 Å². The van der Waals surface area contributed by atoms with Crippen LogP contribution in [-0.4, -0.2) is 15.2 Å². The van der Waals surface area contributed by atoms with Crippen LogP contribution in [0, 0.1) is 6.92 Å². The first-order valence-electron chi connectivity index (χ1n) is 6.35. The standard InChI is InChI=1S/C15H18N2OS/c1-10(2)19-15-16-13(9-14(18)17-15)8-12-6-4-5-11(3)7-12/h4-7,9-10H,8H2,1-3H3,(H,16,17,18). The molecule has 0 saturated heterocycles. The summed E-state index contributed by atoms with van der Waals surface area (Å²) in [6.45, 7) is 6.23. The molecule has 0 unspecified atom stereocenters. The lowest BCUT2D eigenvalue weighted by Crippen LogP contribution is -2.11. The zero-order valence-corrected chi connectivity index (χ0v) is 12.3. The fourth-order valence-corrected chi connectivity index (χ4v) is 2.66. The van der Waals surface area contributed by atoms with E-state index in [1.54, 1.807) is 17.8 Å². The Morgan fingerprint density at radius 3 is 2.79 bits per heavy atom. The van der Waals surface area contributed by atoms with Crippen molar-refractivity contribution in [1.29, 1.82) is 0 Å². The molecular weight excluding hydrogens is 256 g/mol. The zero-order valence-electron chi connectivity index (χ0n) is 11.4. The van der Waals surface area contributed by atoms with E-state index in [-0.39, 0.29) is 5.56 Å². The van der Waals surface area contributed by atoms with Crippen molar-refractivity contribution < 1.29 is 0 Å². The predicted molar refractivity (Wildman–Crippen MR) is 79.8 cm³/mol. The highest BCUT2D eigenvalue weighted by Crippen LogP contribution is 2.18. The van der Waals surface area contributed by atoms with Crippen LogP contribution in [0.25, 0.3) is 0 Å². The maximum atomic E-state index is 11.6. The molecule has 1 heterocycles. The van der Waals surface area contributed by atoms with Gasteiger partial charge in [0.2, 0.25) is 0 Å². The van der Waals surface area contributed by atoms with Crippen LogP contribution in [0.2, 0.25) is 0 Å². The summed E-state index contributed by atoms with van der Waals surface area (Å²) in [7, 11) is 0. The monoisotopic (exact) mass is 274 g/mol. The van der Waals surface area contributed by atoms with Gasteiger partial charge >= 0.3 is 0 Å². The number of aromatic amines is 1. The highest BCUT2D eigenvalue weighted by atomic mass is 32.2. The Morgan fingerprint density at radius 1 is 1.32 bits per heavy atom. The molecule has 0 atom stereocenters. The number of hydrogen-bond donors (Lipinski definition) is 1. The van der Waals surface area contributed by atoms with Crippen molar-refractivity contribution in [3.63, 3.8) is 0 Å². The van der Waals surface area contributed by atoms with E-state index in [1.807, 2.05) is 6.07 Å². The number of aromatic nitrogens is 2. The fourth-order valence-electron chi connectivity index (χ4n) is 1.88. The van der Waals surface area contributed by atoms with Gasteiger partial charge in [-0.1, -0.05) is 55.4 Å². The van der Waals surface area contributed by atoms with Crippen LogP contribution in [-0.2, 0) is 6.42 Å². The lowest BCUT2D eigenvalue weighted by atomic mass is 10.1. The number of hydrogen-bond acceptors (Lipinski definition) is 3. The van der Waals surface area contributed by atoms with E-state index in [4.69, 9.17) is 0 Å². The molecule has 0 aliphatic heterocycles. The first kappa shape index (κ1) is 13.9. The minimum atomic E-state index is -0.0826. The van der Waals surface area contributed by atoms with Gasteiger partial charge in [0.1, 0.15) is 0 Å². The zero-order chi connectivity index (χ0) is 13.8. The number of benzene rings is 1. The number of aryl methyl sites for hydroxylation is 1.